The fourth-order valence-electron chi connectivity index (χ4n) is 2.01. The summed E-state index contributed by atoms with van der Waals surface area (Å²) in [4.78, 5) is 16.5. The van der Waals surface area contributed by atoms with Gasteiger partial charge in [0, 0.05) is 11.8 Å². The number of ether oxygens (including phenoxy) is 3. The van der Waals surface area contributed by atoms with Gasteiger partial charge >= 0.3 is 0 Å². The first-order valence-electron chi connectivity index (χ1n) is 6.63. The van der Waals surface area contributed by atoms with Crippen molar-refractivity contribution < 1.29 is 19.0 Å². The fraction of sp³-hybridized carbons (Fsp3) is 0.250. The molecule has 0 spiro atoms. The highest BCUT2D eigenvalue weighted by molar-refractivity contribution is 6.04. The third-order valence-electron chi connectivity index (χ3n) is 3.08. The van der Waals surface area contributed by atoms with Crippen LogP contribution in [0.15, 0.2) is 30.5 Å². The number of amides is 1. The zero-order valence-corrected chi connectivity index (χ0v) is 13.0. The molecule has 1 amide bonds. The number of pyridine rings is 1. The second-order valence-electron chi connectivity index (χ2n) is 4.59. The molecule has 0 aliphatic heterocycles. The number of rotatable bonds is 5. The van der Waals surface area contributed by atoms with Crippen LogP contribution in [-0.4, -0.2) is 32.2 Å². The molecule has 0 aliphatic rings. The summed E-state index contributed by atoms with van der Waals surface area (Å²) < 4.78 is 15.7. The number of nitrogens with one attached hydrogen (secondary N) is 1. The van der Waals surface area contributed by atoms with Crippen molar-refractivity contribution in [1.29, 1.82) is 0 Å². The third-order valence-corrected chi connectivity index (χ3v) is 3.08. The number of carbonyl (C=O) groups is 1. The van der Waals surface area contributed by atoms with Crippen molar-refractivity contribution in [1.82, 2.24) is 4.98 Å². The Morgan fingerprint density at radius 1 is 1.05 bits per heavy atom. The number of hydrogen-bond acceptors (Lipinski definition) is 5. The number of aryl methyl sites for hydroxylation is 1. The summed E-state index contributed by atoms with van der Waals surface area (Å²) in [6.07, 6.45) is 1.64. The van der Waals surface area contributed by atoms with Crippen LogP contribution in [-0.2, 0) is 0 Å². The molecular weight excluding hydrogens is 284 g/mol. The lowest BCUT2D eigenvalue weighted by Crippen LogP contribution is -2.13. The maximum Gasteiger partial charge on any atom is 0.257 e. The summed E-state index contributed by atoms with van der Waals surface area (Å²) in [6, 6.07) is 6.82. The van der Waals surface area contributed by atoms with E-state index in [1.165, 1.54) is 21.3 Å². The number of carbonyl (C=O) groups excluding carboxylic acids is 1. The quantitative estimate of drug-likeness (QED) is 0.919. The highest BCUT2D eigenvalue weighted by Crippen LogP contribution is 2.38. The number of hydrogen-bond donors (Lipinski definition) is 1. The van der Waals surface area contributed by atoms with Crippen LogP contribution in [0.5, 0.6) is 17.2 Å². The monoisotopic (exact) mass is 302 g/mol. The Kier molecular flexibility index (Phi) is 4.83. The Hall–Kier alpha value is -2.76. The largest absolute Gasteiger partial charge is 0.493 e. The molecule has 1 heterocycles. The number of aromatic nitrogens is 1. The summed E-state index contributed by atoms with van der Waals surface area (Å²) >= 11 is 0. The molecule has 1 N–H and O–H groups in total. The molecule has 0 radical (unpaired) electrons. The van der Waals surface area contributed by atoms with E-state index >= 15 is 0 Å². The van der Waals surface area contributed by atoms with Gasteiger partial charge in [-0.1, -0.05) is 0 Å². The normalized spacial score (nSPS) is 10.0. The predicted molar refractivity (Wildman–Crippen MR) is 83.0 cm³/mol. The molecule has 0 bridgehead atoms. The first-order valence-corrected chi connectivity index (χ1v) is 6.63. The second-order valence-corrected chi connectivity index (χ2v) is 4.59. The summed E-state index contributed by atoms with van der Waals surface area (Å²) in [6.45, 7) is 1.93. The van der Waals surface area contributed by atoms with Gasteiger partial charge in [0.15, 0.2) is 11.5 Å². The fourth-order valence-corrected chi connectivity index (χ4v) is 2.01. The van der Waals surface area contributed by atoms with E-state index in [1.807, 2.05) is 13.0 Å². The Morgan fingerprint density at radius 2 is 1.68 bits per heavy atom. The van der Waals surface area contributed by atoms with Crippen molar-refractivity contribution in [2.75, 3.05) is 26.6 Å². The van der Waals surface area contributed by atoms with E-state index in [0.29, 0.717) is 28.6 Å². The molecule has 6 nitrogen and oxygen atoms in total. The van der Waals surface area contributed by atoms with E-state index < -0.39 is 0 Å². The Bertz CT molecular complexity index is 661. The first-order chi connectivity index (χ1) is 10.6. The zero-order chi connectivity index (χ0) is 16.1. The number of anilines is 1. The molecule has 2 rings (SSSR count). The smallest absolute Gasteiger partial charge is 0.257 e. The van der Waals surface area contributed by atoms with E-state index in [4.69, 9.17) is 14.2 Å². The van der Waals surface area contributed by atoms with Crippen LogP contribution in [0.4, 0.5) is 5.82 Å². The summed E-state index contributed by atoms with van der Waals surface area (Å²) in [7, 11) is 4.51. The van der Waals surface area contributed by atoms with Gasteiger partial charge in [-0.15, -0.1) is 0 Å². The van der Waals surface area contributed by atoms with Gasteiger partial charge in [-0.25, -0.2) is 4.98 Å². The lowest BCUT2D eigenvalue weighted by Gasteiger charge is -2.14. The lowest BCUT2D eigenvalue weighted by atomic mass is 10.1. The maximum absolute atomic E-state index is 12.4. The molecule has 116 valence electrons. The Labute approximate surface area is 129 Å². The standard InChI is InChI=1S/C16H18N2O4/c1-10-5-6-17-14(7-10)18-16(19)11-8-12(20-2)15(22-4)13(9-11)21-3/h5-9H,1-4H3,(H,17,18,19). The van der Waals surface area contributed by atoms with Gasteiger partial charge in [0.25, 0.3) is 5.91 Å². The Morgan fingerprint density at radius 3 is 2.18 bits per heavy atom. The maximum atomic E-state index is 12.4. The molecule has 22 heavy (non-hydrogen) atoms. The predicted octanol–water partition coefficient (Wildman–Crippen LogP) is 2.67. The molecule has 1 aromatic heterocycles. The average molecular weight is 302 g/mol. The van der Waals surface area contributed by atoms with Crippen molar-refractivity contribution in [2.24, 2.45) is 0 Å². The molecule has 0 fully saturated rings. The van der Waals surface area contributed by atoms with Crippen LogP contribution in [0.2, 0.25) is 0 Å². The van der Waals surface area contributed by atoms with Gasteiger partial charge in [-0.2, -0.15) is 0 Å². The summed E-state index contributed by atoms with van der Waals surface area (Å²) in [5.41, 5.74) is 1.40. The first kappa shape index (κ1) is 15.6. The van der Waals surface area contributed by atoms with Crippen molar-refractivity contribution >= 4 is 11.7 Å². The van der Waals surface area contributed by atoms with Crippen LogP contribution >= 0.6 is 0 Å². The minimum atomic E-state index is -0.308. The molecule has 0 saturated heterocycles. The minimum Gasteiger partial charge on any atom is -0.493 e. The highest BCUT2D eigenvalue weighted by Gasteiger charge is 2.17. The van der Waals surface area contributed by atoms with Gasteiger partial charge in [0.1, 0.15) is 5.82 Å². The van der Waals surface area contributed by atoms with E-state index in [0.717, 1.165) is 5.56 Å². The minimum absolute atomic E-state index is 0.308. The molecule has 0 atom stereocenters. The van der Waals surface area contributed by atoms with E-state index in [2.05, 4.69) is 10.3 Å². The molecule has 6 heteroatoms. The third kappa shape index (κ3) is 3.28. The number of nitrogens with zero attached hydrogens (tertiary/aromatic N) is 1. The van der Waals surface area contributed by atoms with Crippen molar-refractivity contribution in [3.05, 3.63) is 41.6 Å². The van der Waals surface area contributed by atoms with Gasteiger partial charge in [-0.3, -0.25) is 4.79 Å². The molecule has 1 aromatic carbocycles. The second kappa shape index (κ2) is 6.80. The average Bonchev–Trinajstić information content (AvgIpc) is 2.53. The Balaban J connectivity index is 2.33. The summed E-state index contributed by atoms with van der Waals surface area (Å²) in [5, 5.41) is 2.74. The van der Waals surface area contributed by atoms with Crippen molar-refractivity contribution in [3.63, 3.8) is 0 Å². The van der Waals surface area contributed by atoms with Crippen LogP contribution in [0.1, 0.15) is 15.9 Å². The lowest BCUT2D eigenvalue weighted by molar-refractivity contribution is 0.102. The topological polar surface area (TPSA) is 69.7 Å². The van der Waals surface area contributed by atoms with Gasteiger partial charge in [0.05, 0.1) is 21.3 Å². The zero-order valence-electron chi connectivity index (χ0n) is 13.0. The van der Waals surface area contributed by atoms with Crippen LogP contribution in [0.3, 0.4) is 0 Å². The molecule has 0 saturated carbocycles. The molecule has 0 aliphatic carbocycles. The highest BCUT2D eigenvalue weighted by atomic mass is 16.5. The van der Waals surface area contributed by atoms with E-state index in [9.17, 15) is 4.79 Å². The molecular formula is C16H18N2O4. The van der Waals surface area contributed by atoms with Gasteiger partial charge in [0.2, 0.25) is 5.75 Å². The summed E-state index contributed by atoms with van der Waals surface area (Å²) in [5.74, 6) is 1.46. The molecule has 0 unspecified atom stereocenters. The van der Waals surface area contributed by atoms with Gasteiger partial charge in [-0.05, 0) is 36.8 Å². The van der Waals surface area contributed by atoms with Crippen molar-refractivity contribution in [2.45, 2.75) is 6.92 Å². The number of benzene rings is 1. The SMILES string of the molecule is COc1cc(C(=O)Nc2cc(C)ccn2)cc(OC)c1OC. The molecule has 2 aromatic rings. The van der Waals surface area contributed by atoms with Crippen LogP contribution in [0, 0.1) is 6.92 Å². The van der Waals surface area contributed by atoms with Gasteiger partial charge < -0.3 is 19.5 Å². The number of methoxy groups -OCH3 is 3. The van der Waals surface area contributed by atoms with Crippen LogP contribution < -0.4 is 19.5 Å². The van der Waals surface area contributed by atoms with Crippen molar-refractivity contribution in [3.8, 4) is 17.2 Å². The van der Waals surface area contributed by atoms with E-state index in [-0.39, 0.29) is 5.91 Å². The van der Waals surface area contributed by atoms with E-state index in [1.54, 1.807) is 24.4 Å². The van der Waals surface area contributed by atoms with Crippen LogP contribution in [0.25, 0.3) is 0 Å².